The van der Waals surface area contributed by atoms with Crippen molar-refractivity contribution in [3.8, 4) is 5.75 Å². The van der Waals surface area contributed by atoms with E-state index in [0.29, 0.717) is 0 Å². The van der Waals surface area contributed by atoms with Gasteiger partial charge in [0.15, 0.2) is 9.84 Å². The van der Waals surface area contributed by atoms with E-state index in [0.717, 1.165) is 0 Å². The minimum Gasteiger partial charge on any atom is -0.496 e. The van der Waals surface area contributed by atoms with Gasteiger partial charge in [-0.2, -0.15) is 0 Å². The number of nitro benzene ring substituents is 1. The first-order valence-electron chi connectivity index (χ1n) is 7.25. The number of sulfone groups is 1. The summed E-state index contributed by atoms with van der Waals surface area (Å²) in [5, 5.41) is 13.6. The summed E-state index contributed by atoms with van der Waals surface area (Å²) in [5.74, 6) is -0.653. The quantitative estimate of drug-likeness (QED) is 0.622. The van der Waals surface area contributed by atoms with Gasteiger partial charge >= 0.3 is 0 Å². The molecule has 2 aromatic rings. The first-order valence-corrected chi connectivity index (χ1v) is 8.91. The molecule has 0 unspecified atom stereocenters. The molecule has 0 fully saturated rings. The van der Waals surface area contributed by atoms with E-state index < -0.39 is 20.7 Å². The van der Waals surface area contributed by atoms with Crippen molar-refractivity contribution in [3.63, 3.8) is 0 Å². The van der Waals surface area contributed by atoms with Gasteiger partial charge in [-0.05, 0) is 24.3 Å². The highest BCUT2D eigenvalue weighted by atomic mass is 32.2. The molecular weight excluding hydrogens is 348 g/mol. The van der Waals surface area contributed by atoms with Crippen LogP contribution in [0, 0.1) is 10.1 Å². The van der Waals surface area contributed by atoms with Crippen LogP contribution in [0.15, 0.2) is 47.4 Å². The molecule has 0 spiro atoms. The van der Waals surface area contributed by atoms with Crippen molar-refractivity contribution in [1.82, 2.24) is 0 Å². The molecular formula is C16H16N2O6S. The van der Waals surface area contributed by atoms with Crippen LogP contribution >= 0.6 is 0 Å². The van der Waals surface area contributed by atoms with E-state index in [9.17, 15) is 23.3 Å². The minimum absolute atomic E-state index is 0.0560. The SMILES string of the molecule is CCS(=O)(=O)c1ccccc1C(=O)Nc1ccc(OC)cc1[N+](=O)[O-]. The van der Waals surface area contributed by atoms with Crippen LogP contribution in [-0.2, 0) is 9.84 Å². The largest absolute Gasteiger partial charge is 0.496 e. The summed E-state index contributed by atoms with van der Waals surface area (Å²) < 4.78 is 29.2. The summed E-state index contributed by atoms with van der Waals surface area (Å²) in [7, 11) is -2.25. The van der Waals surface area contributed by atoms with Crippen LogP contribution in [0.1, 0.15) is 17.3 Å². The highest BCUT2D eigenvalue weighted by Crippen LogP contribution is 2.30. The maximum Gasteiger partial charge on any atom is 0.296 e. The summed E-state index contributed by atoms with van der Waals surface area (Å²) in [6.07, 6.45) is 0. The van der Waals surface area contributed by atoms with Crippen molar-refractivity contribution in [2.24, 2.45) is 0 Å². The van der Waals surface area contributed by atoms with E-state index in [-0.39, 0.29) is 33.3 Å². The maximum atomic E-state index is 12.5. The van der Waals surface area contributed by atoms with Crippen LogP contribution in [0.2, 0.25) is 0 Å². The molecule has 0 atom stereocenters. The molecule has 9 heteroatoms. The molecule has 0 radical (unpaired) electrons. The predicted octanol–water partition coefficient (Wildman–Crippen LogP) is 2.65. The van der Waals surface area contributed by atoms with Crippen molar-refractivity contribution in [2.75, 3.05) is 18.2 Å². The number of carbonyl (C=O) groups is 1. The molecule has 0 heterocycles. The number of anilines is 1. The van der Waals surface area contributed by atoms with E-state index >= 15 is 0 Å². The van der Waals surface area contributed by atoms with Crippen molar-refractivity contribution < 1.29 is 22.9 Å². The van der Waals surface area contributed by atoms with Gasteiger partial charge in [0.05, 0.1) is 34.3 Å². The van der Waals surface area contributed by atoms with Gasteiger partial charge in [0, 0.05) is 0 Å². The van der Waals surface area contributed by atoms with Crippen LogP contribution in [0.4, 0.5) is 11.4 Å². The zero-order valence-electron chi connectivity index (χ0n) is 13.6. The highest BCUT2D eigenvalue weighted by molar-refractivity contribution is 7.91. The molecule has 1 amide bonds. The third-order valence-corrected chi connectivity index (χ3v) is 5.28. The van der Waals surface area contributed by atoms with Crippen molar-refractivity contribution in [2.45, 2.75) is 11.8 Å². The Labute approximate surface area is 144 Å². The molecule has 0 saturated carbocycles. The van der Waals surface area contributed by atoms with Crippen LogP contribution in [-0.4, -0.2) is 32.1 Å². The zero-order chi connectivity index (χ0) is 18.6. The number of benzene rings is 2. The summed E-state index contributed by atoms with van der Waals surface area (Å²) in [6.45, 7) is 1.47. The monoisotopic (exact) mass is 364 g/mol. The summed E-state index contributed by atoms with van der Waals surface area (Å²) in [4.78, 5) is 22.9. The predicted molar refractivity (Wildman–Crippen MR) is 91.8 cm³/mol. The molecule has 0 aromatic heterocycles. The van der Waals surface area contributed by atoms with Gasteiger partial charge in [-0.3, -0.25) is 14.9 Å². The highest BCUT2D eigenvalue weighted by Gasteiger charge is 2.23. The van der Waals surface area contributed by atoms with Crippen LogP contribution < -0.4 is 10.1 Å². The number of hydrogen-bond acceptors (Lipinski definition) is 6. The van der Waals surface area contributed by atoms with Gasteiger partial charge in [0.2, 0.25) is 0 Å². The number of nitrogens with zero attached hydrogens (tertiary/aromatic N) is 1. The fourth-order valence-electron chi connectivity index (χ4n) is 2.17. The van der Waals surface area contributed by atoms with Crippen LogP contribution in [0.3, 0.4) is 0 Å². The Hall–Kier alpha value is -2.94. The second-order valence-corrected chi connectivity index (χ2v) is 7.24. The average Bonchev–Trinajstić information content (AvgIpc) is 2.61. The molecule has 0 aliphatic rings. The molecule has 0 bridgehead atoms. The molecule has 25 heavy (non-hydrogen) atoms. The fourth-order valence-corrected chi connectivity index (χ4v) is 3.26. The topological polar surface area (TPSA) is 116 Å². The number of carbonyl (C=O) groups excluding carboxylic acids is 1. The van der Waals surface area contributed by atoms with E-state index in [1.165, 1.54) is 56.5 Å². The molecule has 2 aromatic carbocycles. The van der Waals surface area contributed by atoms with E-state index in [1.54, 1.807) is 0 Å². The second kappa shape index (κ2) is 7.31. The van der Waals surface area contributed by atoms with Crippen molar-refractivity contribution in [1.29, 1.82) is 0 Å². The van der Waals surface area contributed by atoms with Gasteiger partial charge < -0.3 is 10.1 Å². The van der Waals surface area contributed by atoms with E-state index in [2.05, 4.69) is 5.32 Å². The lowest BCUT2D eigenvalue weighted by Crippen LogP contribution is -2.18. The minimum atomic E-state index is -3.62. The summed E-state index contributed by atoms with van der Waals surface area (Å²) >= 11 is 0. The Kier molecular flexibility index (Phi) is 5.38. The Morgan fingerprint density at radius 1 is 1.24 bits per heavy atom. The number of hydrogen-bond donors (Lipinski definition) is 1. The Balaban J connectivity index is 2.44. The Morgan fingerprint density at radius 2 is 1.92 bits per heavy atom. The number of nitro groups is 1. The number of ether oxygens (including phenoxy) is 1. The molecule has 1 N–H and O–H groups in total. The molecule has 0 saturated heterocycles. The van der Waals surface area contributed by atoms with Gasteiger partial charge in [-0.25, -0.2) is 8.42 Å². The lowest BCUT2D eigenvalue weighted by molar-refractivity contribution is -0.384. The third-order valence-electron chi connectivity index (χ3n) is 3.50. The Bertz CT molecular complexity index is 924. The standard InChI is InChI=1S/C16H16N2O6S/c1-3-25(22,23)15-7-5-4-6-12(15)16(19)17-13-9-8-11(24-2)10-14(13)18(20)21/h4-10H,3H2,1-2H3,(H,17,19). The molecule has 8 nitrogen and oxygen atoms in total. The van der Waals surface area contributed by atoms with E-state index in [1.807, 2.05) is 0 Å². The van der Waals surface area contributed by atoms with Gasteiger partial charge in [-0.15, -0.1) is 0 Å². The zero-order valence-corrected chi connectivity index (χ0v) is 14.4. The first-order chi connectivity index (χ1) is 11.8. The number of nitrogens with one attached hydrogen (secondary N) is 1. The maximum absolute atomic E-state index is 12.5. The van der Waals surface area contributed by atoms with Crippen molar-refractivity contribution >= 4 is 27.1 Å². The summed E-state index contributed by atoms with van der Waals surface area (Å²) in [5.41, 5.74) is -0.488. The van der Waals surface area contributed by atoms with Crippen LogP contribution in [0.5, 0.6) is 5.75 Å². The smallest absolute Gasteiger partial charge is 0.296 e. The average molecular weight is 364 g/mol. The third kappa shape index (κ3) is 3.94. The fraction of sp³-hybridized carbons (Fsp3) is 0.188. The van der Waals surface area contributed by atoms with Gasteiger partial charge in [0.1, 0.15) is 11.4 Å². The molecule has 0 aliphatic heterocycles. The van der Waals surface area contributed by atoms with Crippen LogP contribution in [0.25, 0.3) is 0 Å². The molecule has 0 aliphatic carbocycles. The lowest BCUT2D eigenvalue weighted by Gasteiger charge is -2.11. The number of amides is 1. The molecule has 132 valence electrons. The second-order valence-electron chi connectivity index (χ2n) is 4.99. The first kappa shape index (κ1) is 18.4. The normalized spacial score (nSPS) is 11.0. The molecule has 2 rings (SSSR count). The summed E-state index contributed by atoms with van der Waals surface area (Å²) in [6, 6.07) is 9.66. The lowest BCUT2D eigenvalue weighted by atomic mass is 10.2. The Morgan fingerprint density at radius 3 is 2.52 bits per heavy atom. The van der Waals surface area contributed by atoms with Crippen molar-refractivity contribution in [3.05, 3.63) is 58.1 Å². The number of rotatable bonds is 6. The van der Waals surface area contributed by atoms with E-state index in [4.69, 9.17) is 4.74 Å². The van der Waals surface area contributed by atoms with Gasteiger partial charge in [0.25, 0.3) is 11.6 Å². The van der Waals surface area contributed by atoms with Gasteiger partial charge in [-0.1, -0.05) is 19.1 Å². The number of methoxy groups -OCH3 is 1.